The molecule has 0 atom stereocenters. The number of aromatic nitrogens is 1. The first-order chi connectivity index (χ1) is 16.4. The molecule has 3 aromatic carbocycles. The Morgan fingerprint density at radius 2 is 1.53 bits per heavy atom. The lowest BCUT2D eigenvalue weighted by Crippen LogP contribution is -2.49. The summed E-state index contributed by atoms with van der Waals surface area (Å²) in [5.41, 5.74) is 9.86. The van der Waals surface area contributed by atoms with Gasteiger partial charge >= 0.3 is 0 Å². The molecule has 0 bridgehead atoms. The summed E-state index contributed by atoms with van der Waals surface area (Å²) < 4.78 is 0. The third kappa shape index (κ3) is 4.05. The normalized spacial score (nSPS) is 14.0. The van der Waals surface area contributed by atoms with Gasteiger partial charge < -0.3 is 9.80 Å². The number of aryl methyl sites for hydroxylation is 3. The Kier molecular flexibility index (Phi) is 5.82. The molecule has 0 spiro atoms. The van der Waals surface area contributed by atoms with E-state index in [0.717, 1.165) is 40.8 Å². The van der Waals surface area contributed by atoms with Crippen molar-refractivity contribution >= 4 is 22.5 Å². The van der Waals surface area contributed by atoms with E-state index in [4.69, 9.17) is 4.98 Å². The Bertz CT molecular complexity index is 1380. The number of hydrogen-bond donors (Lipinski definition) is 0. The zero-order chi connectivity index (χ0) is 23.8. The fraction of sp³-hybridized carbons (Fsp3) is 0.267. The van der Waals surface area contributed by atoms with Gasteiger partial charge in [-0.3, -0.25) is 4.79 Å². The number of carbonyl (C=O) groups is 1. The highest BCUT2D eigenvalue weighted by Crippen LogP contribution is 2.28. The topological polar surface area (TPSA) is 36.4 Å². The van der Waals surface area contributed by atoms with Gasteiger partial charge in [0, 0.05) is 42.8 Å². The molecule has 1 aromatic heterocycles. The van der Waals surface area contributed by atoms with Crippen molar-refractivity contribution in [1.82, 2.24) is 9.88 Å². The summed E-state index contributed by atoms with van der Waals surface area (Å²) in [4.78, 5) is 23.1. The van der Waals surface area contributed by atoms with E-state index in [-0.39, 0.29) is 5.91 Å². The van der Waals surface area contributed by atoms with E-state index in [1.54, 1.807) is 0 Å². The van der Waals surface area contributed by atoms with Crippen molar-refractivity contribution in [2.24, 2.45) is 0 Å². The predicted octanol–water partition coefficient (Wildman–Crippen LogP) is 6.10. The lowest BCUT2D eigenvalue weighted by Gasteiger charge is -2.37. The number of rotatable bonds is 3. The molecule has 1 saturated heterocycles. The van der Waals surface area contributed by atoms with Crippen molar-refractivity contribution in [3.05, 3.63) is 94.5 Å². The van der Waals surface area contributed by atoms with E-state index in [2.05, 4.69) is 69.0 Å². The molecule has 4 heteroatoms. The number of para-hydroxylation sites is 1. The van der Waals surface area contributed by atoms with Gasteiger partial charge in [0.05, 0.1) is 16.8 Å². The van der Waals surface area contributed by atoms with Crippen LogP contribution in [0.3, 0.4) is 0 Å². The van der Waals surface area contributed by atoms with E-state index in [9.17, 15) is 4.79 Å². The number of nitrogens with zero attached hydrogens (tertiary/aromatic N) is 3. The van der Waals surface area contributed by atoms with Crippen LogP contribution in [-0.2, 0) is 0 Å². The lowest BCUT2D eigenvalue weighted by molar-refractivity contribution is 0.0748. The molecule has 1 aliphatic heterocycles. The van der Waals surface area contributed by atoms with Crippen LogP contribution in [0.2, 0.25) is 0 Å². The quantitative estimate of drug-likeness (QED) is 0.379. The van der Waals surface area contributed by atoms with Gasteiger partial charge in [-0.1, -0.05) is 42.5 Å². The standard InChI is InChI=1S/C30H31N3O/c1-20-12-13-24(18-22(20)3)28-19-26(25-9-5-6-10-27(25)31-28)30(34)33-16-14-32(15-17-33)29-11-7-8-21(2)23(29)4/h5-13,18-19H,14-17H2,1-4H3. The highest BCUT2D eigenvalue weighted by molar-refractivity contribution is 6.07. The van der Waals surface area contributed by atoms with Gasteiger partial charge in [0.15, 0.2) is 0 Å². The minimum Gasteiger partial charge on any atom is -0.368 e. The number of hydrogen-bond acceptors (Lipinski definition) is 3. The summed E-state index contributed by atoms with van der Waals surface area (Å²) in [7, 11) is 0. The first-order valence-corrected chi connectivity index (χ1v) is 12.0. The molecule has 0 saturated carbocycles. The zero-order valence-electron chi connectivity index (χ0n) is 20.4. The van der Waals surface area contributed by atoms with Crippen LogP contribution in [-0.4, -0.2) is 42.0 Å². The molecule has 0 radical (unpaired) electrons. The smallest absolute Gasteiger partial charge is 0.254 e. The van der Waals surface area contributed by atoms with Gasteiger partial charge in [0.1, 0.15) is 0 Å². The average Bonchev–Trinajstić information content (AvgIpc) is 2.86. The molecule has 0 aliphatic carbocycles. The second kappa shape index (κ2) is 8.94. The monoisotopic (exact) mass is 449 g/mol. The van der Waals surface area contributed by atoms with Crippen molar-refractivity contribution in [2.75, 3.05) is 31.1 Å². The minimum absolute atomic E-state index is 0.0873. The second-order valence-electron chi connectivity index (χ2n) is 9.37. The summed E-state index contributed by atoms with van der Waals surface area (Å²) in [6.45, 7) is 11.6. The summed E-state index contributed by atoms with van der Waals surface area (Å²) in [6, 6.07) is 22.8. The highest BCUT2D eigenvalue weighted by atomic mass is 16.2. The number of pyridine rings is 1. The van der Waals surface area contributed by atoms with Gasteiger partial charge in [0.25, 0.3) is 5.91 Å². The second-order valence-corrected chi connectivity index (χ2v) is 9.37. The molecule has 0 N–H and O–H groups in total. The fourth-order valence-corrected chi connectivity index (χ4v) is 4.80. The number of carbonyl (C=O) groups excluding carboxylic acids is 1. The van der Waals surface area contributed by atoms with Crippen LogP contribution in [0.15, 0.2) is 66.7 Å². The van der Waals surface area contributed by atoms with Crippen LogP contribution in [0.25, 0.3) is 22.2 Å². The Hall–Kier alpha value is -3.66. The average molecular weight is 450 g/mol. The molecule has 1 amide bonds. The summed E-state index contributed by atoms with van der Waals surface area (Å²) in [6.07, 6.45) is 0. The van der Waals surface area contributed by atoms with Crippen molar-refractivity contribution in [3.8, 4) is 11.3 Å². The molecule has 34 heavy (non-hydrogen) atoms. The van der Waals surface area contributed by atoms with Crippen LogP contribution in [0.1, 0.15) is 32.6 Å². The number of amides is 1. The molecule has 5 rings (SSSR count). The van der Waals surface area contributed by atoms with Crippen LogP contribution >= 0.6 is 0 Å². The van der Waals surface area contributed by atoms with Crippen molar-refractivity contribution in [3.63, 3.8) is 0 Å². The summed E-state index contributed by atoms with van der Waals surface area (Å²) >= 11 is 0. The van der Waals surface area contributed by atoms with E-state index in [1.165, 1.54) is 27.9 Å². The lowest BCUT2D eigenvalue weighted by atomic mass is 10.00. The Morgan fingerprint density at radius 3 is 2.29 bits per heavy atom. The molecule has 4 nitrogen and oxygen atoms in total. The molecule has 1 aliphatic rings. The Labute approximate surface area is 201 Å². The van der Waals surface area contributed by atoms with Gasteiger partial charge in [-0.2, -0.15) is 0 Å². The molecule has 4 aromatic rings. The maximum atomic E-state index is 13.8. The van der Waals surface area contributed by atoms with Crippen LogP contribution in [0, 0.1) is 27.7 Å². The molecular weight excluding hydrogens is 418 g/mol. The largest absolute Gasteiger partial charge is 0.368 e. The Balaban J connectivity index is 1.45. The van der Waals surface area contributed by atoms with E-state index in [1.807, 2.05) is 35.2 Å². The maximum Gasteiger partial charge on any atom is 0.254 e. The van der Waals surface area contributed by atoms with Gasteiger partial charge in [-0.15, -0.1) is 0 Å². The van der Waals surface area contributed by atoms with E-state index in [0.29, 0.717) is 13.1 Å². The van der Waals surface area contributed by atoms with Crippen molar-refractivity contribution in [1.29, 1.82) is 0 Å². The van der Waals surface area contributed by atoms with E-state index >= 15 is 0 Å². The van der Waals surface area contributed by atoms with Gasteiger partial charge in [-0.25, -0.2) is 4.98 Å². The molecule has 0 unspecified atom stereocenters. The first kappa shape index (κ1) is 22.1. The van der Waals surface area contributed by atoms with Gasteiger partial charge in [-0.05, 0) is 74.2 Å². The first-order valence-electron chi connectivity index (χ1n) is 12.0. The summed E-state index contributed by atoms with van der Waals surface area (Å²) in [5.74, 6) is 0.0873. The van der Waals surface area contributed by atoms with Crippen LogP contribution in [0.4, 0.5) is 5.69 Å². The maximum absolute atomic E-state index is 13.8. The Morgan fingerprint density at radius 1 is 0.765 bits per heavy atom. The zero-order valence-corrected chi connectivity index (χ0v) is 20.4. The van der Waals surface area contributed by atoms with Gasteiger partial charge in [0.2, 0.25) is 0 Å². The van der Waals surface area contributed by atoms with E-state index < -0.39 is 0 Å². The molecule has 1 fully saturated rings. The van der Waals surface area contributed by atoms with Crippen LogP contribution < -0.4 is 4.90 Å². The number of piperazine rings is 1. The summed E-state index contributed by atoms with van der Waals surface area (Å²) in [5, 5.41) is 0.914. The van der Waals surface area contributed by atoms with Crippen molar-refractivity contribution < 1.29 is 4.79 Å². The minimum atomic E-state index is 0.0873. The number of benzene rings is 3. The predicted molar refractivity (Wildman–Crippen MR) is 141 cm³/mol. The molecule has 2 heterocycles. The van der Waals surface area contributed by atoms with Crippen LogP contribution in [0.5, 0.6) is 0 Å². The molecular formula is C30H31N3O. The van der Waals surface area contributed by atoms with Crippen molar-refractivity contribution in [2.45, 2.75) is 27.7 Å². The third-order valence-corrected chi connectivity index (χ3v) is 7.23. The molecule has 172 valence electrons. The SMILES string of the molecule is Cc1ccc(-c2cc(C(=O)N3CCN(c4cccc(C)c4C)CC3)c3ccccc3n2)cc1C. The highest BCUT2D eigenvalue weighted by Gasteiger charge is 2.25. The number of fused-ring (bicyclic) bond motifs is 1. The number of anilines is 1. The third-order valence-electron chi connectivity index (χ3n) is 7.23. The fourth-order valence-electron chi connectivity index (χ4n) is 4.80.